The highest BCUT2D eigenvalue weighted by atomic mass is 16.1. The Balaban J connectivity index is 1.39. The van der Waals surface area contributed by atoms with Crippen molar-refractivity contribution in [3.8, 4) is 11.4 Å². The van der Waals surface area contributed by atoms with Crippen LogP contribution in [0.4, 0.5) is 17.3 Å². The van der Waals surface area contributed by atoms with Gasteiger partial charge in [-0.2, -0.15) is 5.10 Å². The Bertz CT molecular complexity index is 1190. The Morgan fingerprint density at radius 2 is 2.06 bits per heavy atom. The van der Waals surface area contributed by atoms with Crippen LogP contribution >= 0.6 is 0 Å². The summed E-state index contributed by atoms with van der Waals surface area (Å²) >= 11 is 0. The van der Waals surface area contributed by atoms with E-state index in [1.165, 1.54) is 12.5 Å². The summed E-state index contributed by atoms with van der Waals surface area (Å²) in [7, 11) is 0. The van der Waals surface area contributed by atoms with Crippen molar-refractivity contribution in [2.75, 3.05) is 29.9 Å². The molecule has 1 saturated heterocycles. The highest BCUT2D eigenvalue weighted by molar-refractivity contribution is 5.89. The zero-order chi connectivity index (χ0) is 21.2. The van der Waals surface area contributed by atoms with Crippen LogP contribution in [0, 0.1) is 6.92 Å². The number of nitrogens with zero attached hydrogens (tertiary/aromatic N) is 6. The molecule has 5 heterocycles. The molecule has 2 N–H and O–H groups in total. The van der Waals surface area contributed by atoms with Gasteiger partial charge in [0.25, 0.3) is 0 Å². The van der Waals surface area contributed by atoms with Crippen LogP contribution in [0.25, 0.3) is 11.4 Å². The van der Waals surface area contributed by atoms with E-state index in [2.05, 4.69) is 30.6 Å². The second-order valence-corrected chi connectivity index (χ2v) is 8.85. The third kappa shape index (κ3) is 3.07. The van der Waals surface area contributed by atoms with Crippen molar-refractivity contribution in [2.45, 2.75) is 38.1 Å². The molecule has 3 aromatic heterocycles. The summed E-state index contributed by atoms with van der Waals surface area (Å²) in [6.07, 6.45) is 8.09. The number of nitrogens with one attached hydrogen (secondary N) is 2. The minimum atomic E-state index is -0.128. The van der Waals surface area contributed by atoms with Crippen molar-refractivity contribution in [3.63, 3.8) is 0 Å². The number of rotatable bonds is 4. The summed E-state index contributed by atoms with van der Waals surface area (Å²) in [5.74, 6) is 1.99. The molecule has 0 atom stereocenters. The van der Waals surface area contributed by atoms with Crippen LogP contribution in [0.3, 0.4) is 0 Å². The highest BCUT2D eigenvalue weighted by Crippen LogP contribution is 2.58. The lowest BCUT2D eigenvalue weighted by Gasteiger charge is -2.27. The number of hydrogen-bond donors (Lipinski definition) is 2. The van der Waals surface area contributed by atoms with E-state index < -0.39 is 0 Å². The maximum absolute atomic E-state index is 11.5. The molecule has 0 aromatic carbocycles. The van der Waals surface area contributed by atoms with E-state index in [9.17, 15) is 4.79 Å². The Hall–Kier alpha value is -3.33. The van der Waals surface area contributed by atoms with E-state index in [-0.39, 0.29) is 11.3 Å². The maximum atomic E-state index is 11.5. The first-order valence-corrected chi connectivity index (χ1v) is 10.7. The molecule has 158 valence electrons. The topological polar surface area (TPSA) is 101 Å². The predicted molar refractivity (Wildman–Crippen MR) is 116 cm³/mol. The number of carbonyl (C=O) groups is 1. The van der Waals surface area contributed by atoms with Gasteiger partial charge in [-0.3, -0.25) is 9.48 Å². The van der Waals surface area contributed by atoms with Crippen LogP contribution < -0.4 is 15.5 Å². The molecule has 3 aromatic rings. The molecule has 6 rings (SSSR count). The molecule has 1 amide bonds. The summed E-state index contributed by atoms with van der Waals surface area (Å²) in [5.41, 5.74) is 4.29. The Morgan fingerprint density at radius 1 is 1.23 bits per heavy atom. The number of hydrogen-bond acceptors (Lipinski definition) is 7. The van der Waals surface area contributed by atoms with Crippen LogP contribution in [0.2, 0.25) is 0 Å². The second-order valence-electron chi connectivity index (χ2n) is 8.85. The van der Waals surface area contributed by atoms with Gasteiger partial charge in [-0.25, -0.2) is 15.0 Å². The SMILES string of the molecule is CC(=O)Nc1cc2c(cn1)C1(CC1)CN2c1cc(C)nc(-c2cnn(C3CNC3)c2)n1. The van der Waals surface area contributed by atoms with Crippen LogP contribution in [-0.4, -0.2) is 50.3 Å². The average molecular weight is 416 g/mol. The fraction of sp³-hybridized carbons (Fsp3) is 0.409. The first-order chi connectivity index (χ1) is 15.0. The van der Waals surface area contributed by atoms with Crippen LogP contribution in [-0.2, 0) is 10.2 Å². The predicted octanol–water partition coefficient (Wildman–Crippen LogP) is 2.33. The van der Waals surface area contributed by atoms with Gasteiger partial charge in [0, 0.05) is 67.8 Å². The smallest absolute Gasteiger partial charge is 0.222 e. The van der Waals surface area contributed by atoms with Gasteiger partial charge in [0.2, 0.25) is 5.91 Å². The first kappa shape index (κ1) is 18.4. The summed E-state index contributed by atoms with van der Waals surface area (Å²) in [6.45, 7) is 6.25. The molecule has 3 aliphatic rings. The Labute approximate surface area is 179 Å². The lowest BCUT2D eigenvalue weighted by Crippen LogP contribution is -2.43. The van der Waals surface area contributed by atoms with Gasteiger partial charge in [-0.05, 0) is 19.8 Å². The molecule has 9 nitrogen and oxygen atoms in total. The number of pyridine rings is 1. The lowest BCUT2D eigenvalue weighted by atomic mass is 10.0. The Morgan fingerprint density at radius 3 is 2.77 bits per heavy atom. The molecular weight excluding hydrogens is 392 g/mol. The molecule has 0 bridgehead atoms. The normalized spacial score (nSPS) is 18.7. The summed E-state index contributed by atoms with van der Waals surface area (Å²) in [4.78, 5) is 27.8. The molecular formula is C22H24N8O. The minimum Gasteiger partial charge on any atom is -0.325 e. The molecule has 0 radical (unpaired) electrons. The van der Waals surface area contributed by atoms with E-state index in [0.717, 1.165) is 55.2 Å². The summed E-state index contributed by atoms with van der Waals surface area (Å²) in [5, 5.41) is 10.6. The zero-order valence-corrected chi connectivity index (χ0v) is 17.6. The van der Waals surface area contributed by atoms with Crippen LogP contribution in [0.1, 0.15) is 37.1 Å². The highest BCUT2D eigenvalue weighted by Gasteiger charge is 2.52. The van der Waals surface area contributed by atoms with Gasteiger partial charge in [0.05, 0.1) is 23.5 Å². The van der Waals surface area contributed by atoms with E-state index in [1.807, 2.05) is 42.3 Å². The van der Waals surface area contributed by atoms with Gasteiger partial charge >= 0.3 is 0 Å². The molecule has 2 aliphatic heterocycles. The Kier molecular flexibility index (Phi) is 3.92. The van der Waals surface area contributed by atoms with Crippen molar-refractivity contribution < 1.29 is 4.79 Å². The first-order valence-electron chi connectivity index (χ1n) is 10.7. The molecule has 0 unspecified atom stereocenters. The van der Waals surface area contributed by atoms with Gasteiger partial charge in [0.1, 0.15) is 11.6 Å². The zero-order valence-electron chi connectivity index (χ0n) is 17.6. The van der Waals surface area contributed by atoms with E-state index >= 15 is 0 Å². The van der Waals surface area contributed by atoms with E-state index in [1.54, 1.807) is 0 Å². The fourth-order valence-electron chi connectivity index (χ4n) is 4.51. The molecule has 1 spiro atoms. The van der Waals surface area contributed by atoms with Gasteiger partial charge < -0.3 is 15.5 Å². The quantitative estimate of drug-likeness (QED) is 0.673. The molecule has 1 aliphatic carbocycles. The third-order valence-electron chi connectivity index (χ3n) is 6.47. The van der Waals surface area contributed by atoms with Crippen molar-refractivity contribution in [1.82, 2.24) is 30.0 Å². The van der Waals surface area contributed by atoms with E-state index in [0.29, 0.717) is 17.7 Å². The summed E-state index contributed by atoms with van der Waals surface area (Å²) in [6, 6.07) is 4.38. The summed E-state index contributed by atoms with van der Waals surface area (Å²) < 4.78 is 1.99. The number of carbonyl (C=O) groups excluding carboxylic acids is 1. The lowest BCUT2D eigenvalue weighted by molar-refractivity contribution is -0.114. The number of amides is 1. The standard InChI is InChI=1S/C22H24N8O/c1-13-5-20(28-21(26-13)15-7-25-30(11-15)16-8-23-9-16)29-12-22(3-4-22)17-10-24-19(6-18(17)29)27-14(2)31/h5-7,10-11,16,23H,3-4,8-9,12H2,1-2H3,(H,24,27,31). The molecule has 2 fully saturated rings. The molecule has 1 saturated carbocycles. The van der Waals surface area contributed by atoms with Gasteiger partial charge in [-0.15, -0.1) is 0 Å². The fourth-order valence-corrected chi connectivity index (χ4v) is 4.51. The number of aryl methyl sites for hydroxylation is 1. The van der Waals surface area contributed by atoms with Gasteiger partial charge in [0.15, 0.2) is 5.82 Å². The van der Waals surface area contributed by atoms with Crippen molar-refractivity contribution in [2.24, 2.45) is 0 Å². The van der Waals surface area contributed by atoms with Gasteiger partial charge in [-0.1, -0.05) is 0 Å². The second kappa shape index (κ2) is 6.58. The largest absolute Gasteiger partial charge is 0.325 e. The average Bonchev–Trinajstić information content (AvgIpc) is 3.18. The van der Waals surface area contributed by atoms with E-state index in [4.69, 9.17) is 4.98 Å². The third-order valence-corrected chi connectivity index (χ3v) is 6.47. The minimum absolute atomic E-state index is 0.128. The number of fused-ring (bicyclic) bond motifs is 2. The number of aromatic nitrogens is 5. The molecule has 31 heavy (non-hydrogen) atoms. The monoisotopic (exact) mass is 416 g/mol. The maximum Gasteiger partial charge on any atom is 0.222 e. The van der Waals surface area contributed by atoms with Crippen molar-refractivity contribution in [1.29, 1.82) is 0 Å². The van der Waals surface area contributed by atoms with Crippen LogP contribution in [0.15, 0.2) is 30.7 Å². The molecule has 9 heteroatoms. The number of anilines is 3. The van der Waals surface area contributed by atoms with Crippen LogP contribution in [0.5, 0.6) is 0 Å². The van der Waals surface area contributed by atoms with Crippen molar-refractivity contribution >= 4 is 23.2 Å². The van der Waals surface area contributed by atoms with Crippen molar-refractivity contribution in [3.05, 3.63) is 42.0 Å².